The molecule has 1 amide bonds. The highest BCUT2D eigenvalue weighted by Gasteiger charge is 2.54. The van der Waals surface area contributed by atoms with Crippen molar-refractivity contribution in [3.05, 3.63) is 29.8 Å². The number of ether oxygens (including phenoxy) is 5. The van der Waals surface area contributed by atoms with Crippen molar-refractivity contribution >= 4 is 43.5 Å². The van der Waals surface area contributed by atoms with Crippen LogP contribution in [0.1, 0.15) is 39.7 Å². The maximum absolute atomic E-state index is 14.8. The molecule has 3 rings (SSSR count). The highest BCUT2D eigenvalue weighted by molar-refractivity contribution is 7.59. The van der Waals surface area contributed by atoms with E-state index >= 15 is 0 Å². The monoisotopic (exact) mass is 748 g/mol. The van der Waals surface area contributed by atoms with E-state index in [1.807, 2.05) is 33.7 Å². The number of hydrogen-bond donors (Lipinski definition) is 4. The molecule has 14 nitrogen and oxygen atoms in total. The van der Waals surface area contributed by atoms with Crippen LogP contribution in [0.3, 0.4) is 0 Å². The normalized spacial score (nSPS) is 30.0. The molecule has 2 fully saturated rings. The number of carbonyl (C=O) groups excluding carboxylic acids is 2. The van der Waals surface area contributed by atoms with E-state index in [0.29, 0.717) is 12.8 Å². The third kappa shape index (κ3) is 11.7. The van der Waals surface area contributed by atoms with E-state index in [0.717, 1.165) is 11.3 Å². The summed E-state index contributed by atoms with van der Waals surface area (Å²) in [6, 6.07) is 4.74. The predicted molar refractivity (Wildman–Crippen MR) is 190 cm³/mol. The molecule has 2 radical (unpaired) electrons. The molecule has 12 atom stereocenters. The number of nitrogens with one attached hydrogen (secondary N) is 1. The summed E-state index contributed by atoms with van der Waals surface area (Å²) in [5.41, 5.74) is 4.02. The van der Waals surface area contributed by atoms with Gasteiger partial charge in [-0.2, -0.15) is 0 Å². The number of aliphatic hydroxyl groups excluding tert-OH is 2. The molecule has 2 heterocycles. The van der Waals surface area contributed by atoms with Crippen LogP contribution in [0.2, 0.25) is 13.6 Å². The van der Waals surface area contributed by atoms with Crippen molar-refractivity contribution in [1.82, 2.24) is 5.32 Å². The van der Waals surface area contributed by atoms with Crippen molar-refractivity contribution in [2.75, 3.05) is 27.4 Å². The Labute approximate surface area is 298 Å². The van der Waals surface area contributed by atoms with Gasteiger partial charge >= 0.3 is 13.6 Å². The van der Waals surface area contributed by atoms with Crippen LogP contribution in [0.5, 0.6) is 5.75 Å². The van der Waals surface area contributed by atoms with Gasteiger partial charge < -0.3 is 49.5 Å². The van der Waals surface area contributed by atoms with Gasteiger partial charge in [-0.1, -0.05) is 25.8 Å². The number of carbonyl (C=O) groups is 2. The second-order valence-corrected chi connectivity index (χ2v) is 15.5. The number of rotatable bonds is 17. The number of amides is 1. The quantitative estimate of drug-likeness (QED) is 0.103. The fourth-order valence-corrected chi connectivity index (χ4v) is 7.57. The van der Waals surface area contributed by atoms with Crippen LogP contribution in [0, 0.1) is 0 Å². The summed E-state index contributed by atoms with van der Waals surface area (Å²) in [7, 11) is 4.27. The molecule has 2 saturated heterocycles. The summed E-state index contributed by atoms with van der Waals surface area (Å²) in [6.07, 6.45) is -2.69. The minimum absolute atomic E-state index is 0.0852. The van der Waals surface area contributed by atoms with Crippen LogP contribution in [0.4, 0.5) is 4.39 Å². The van der Waals surface area contributed by atoms with Crippen molar-refractivity contribution in [3.63, 3.8) is 0 Å². The van der Waals surface area contributed by atoms with Crippen LogP contribution in [0.15, 0.2) is 24.3 Å². The Morgan fingerprint density at radius 2 is 1.78 bits per heavy atom. The number of aliphatic hydroxyl groups is 2. The third-order valence-electron chi connectivity index (χ3n) is 8.50. The molecule has 5 unspecified atom stereocenters. The largest absolute Gasteiger partial charge is 0.497 e. The molecule has 282 valence electrons. The standard InChI is InChI=1S/C17H26BN2O5.C14H27BFO7P2/c1-18-16-15(22)14(13(25-16)7-8-21)20-17(23)12(19)9-10-3-5-11(24-2)6-4-10;1-8(2)21-12(17)9(3)25(18,23-24)20-7-10-11(19-6)14(4,16)13(15-5)22-10/h3-6,12-16,21-22H,7-9,19H2,1-2H3,(H,20,23);8-11,13H,7,24H2,1-6H3/t12?,13-,14+,15?,16-;9-,10+,11-,13+,14?,25?/m10/s1. The minimum Gasteiger partial charge on any atom is -0.497 e. The lowest BCUT2D eigenvalue weighted by Gasteiger charge is -2.27. The van der Waals surface area contributed by atoms with Gasteiger partial charge in [-0.3, -0.25) is 18.5 Å². The number of methoxy groups -OCH3 is 2. The first-order chi connectivity index (χ1) is 23.5. The zero-order valence-electron chi connectivity index (χ0n) is 30.0. The number of benzene rings is 1. The van der Waals surface area contributed by atoms with Crippen molar-refractivity contribution in [2.45, 2.75) is 120 Å². The number of esters is 1. The van der Waals surface area contributed by atoms with E-state index in [1.54, 1.807) is 49.2 Å². The number of halogens is 1. The van der Waals surface area contributed by atoms with Crippen LogP contribution < -0.4 is 15.8 Å². The maximum atomic E-state index is 14.8. The first-order valence-corrected chi connectivity index (χ1v) is 18.5. The Balaban J connectivity index is 0.000000347. The molecule has 0 aromatic heterocycles. The zero-order valence-corrected chi connectivity index (χ0v) is 32.1. The Hall–Kier alpha value is -1.64. The molecule has 2 aliphatic rings. The molecule has 0 bridgehead atoms. The van der Waals surface area contributed by atoms with E-state index in [9.17, 15) is 23.7 Å². The molecular formula is C31H53B2FN2O12P2. The summed E-state index contributed by atoms with van der Waals surface area (Å²) in [4.78, 5) is 24.4. The van der Waals surface area contributed by atoms with E-state index < -0.39 is 73.4 Å². The molecular weight excluding hydrogens is 695 g/mol. The van der Waals surface area contributed by atoms with Gasteiger partial charge in [0.15, 0.2) is 18.6 Å². The molecule has 5 N–H and O–H groups in total. The Morgan fingerprint density at radius 3 is 2.28 bits per heavy atom. The maximum Gasteiger partial charge on any atom is 0.347 e. The van der Waals surface area contributed by atoms with Crippen LogP contribution in [-0.2, 0) is 48.4 Å². The van der Waals surface area contributed by atoms with Crippen molar-refractivity contribution in [3.8, 4) is 5.75 Å². The lowest BCUT2D eigenvalue weighted by atomic mass is 9.67. The van der Waals surface area contributed by atoms with Crippen LogP contribution in [-0.4, -0.2) is 130 Å². The fraction of sp³-hybridized carbons (Fsp3) is 0.742. The zero-order chi connectivity index (χ0) is 37.8. The Morgan fingerprint density at radius 1 is 1.14 bits per heavy atom. The molecule has 50 heavy (non-hydrogen) atoms. The fourth-order valence-electron chi connectivity index (χ4n) is 5.70. The van der Waals surface area contributed by atoms with Gasteiger partial charge in [0, 0.05) is 23.2 Å². The van der Waals surface area contributed by atoms with Gasteiger partial charge in [0.05, 0.1) is 56.1 Å². The lowest BCUT2D eigenvalue weighted by molar-refractivity contribution is -0.147. The highest BCUT2D eigenvalue weighted by Crippen LogP contribution is 2.56. The highest BCUT2D eigenvalue weighted by atomic mass is 31.2. The van der Waals surface area contributed by atoms with Crippen molar-refractivity contribution in [1.29, 1.82) is 0 Å². The molecule has 2 aliphatic heterocycles. The predicted octanol–water partition coefficient (Wildman–Crippen LogP) is 1.83. The summed E-state index contributed by atoms with van der Waals surface area (Å²) in [5.74, 6) is -0.323. The molecule has 0 spiro atoms. The van der Waals surface area contributed by atoms with Gasteiger partial charge in [0.1, 0.15) is 25.2 Å². The smallest absolute Gasteiger partial charge is 0.347 e. The molecule has 0 saturated carbocycles. The van der Waals surface area contributed by atoms with E-state index in [4.69, 9.17) is 43.4 Å². The third-order valence-corrected chi connectivity index (χ3v) is 11.3. The average molecular weight is 748 g/mol. The number of alkyl halides is 1. The molecule has 1 aromatic rings. The molecule has 0 aliphatic carbocycles. The Bertz CT molecular complexity index is 1250. The summed E-state index contributed by atoms with van der Waals surface area (Å²) in [5, 5.41) is 22.2. The van der Waals surface area contributed by atoms with Gasteiger partial charge in [0.25, 0.3) is 0 Å². The molecule has 1 aromatic carbocycles. The topological polar surface area (TPSA) is 194 Å². The lowest BCUT2D eigenvalue weighted by Crippen LogP contribution is -2.53. The van der Waals surface area contributed by atoms with E-state index in [1.165, 1.54) is 21.0 Å². The van der Waals surface area contributed by atoms with Crippen molar-refractivity contribution in [2.24, 2.45) is 5.73 Å². The number of hydrogen-bond acceptors (Lipinski definition) is 13. The summed E-state index contributed by atoms with van der Waals surface area (Å²) in [6.45, 7) is 9.24. The SMILES string of the molecule is C[B][C@@H]1O[C@H](CCO)[C@H](NC(=O)C(N)Cc2ccc(OC)cc2)C1O.C[B][C@@H]1O[C@H](COP(=O)(OP)[C@@H](C)C(=O)OC(C)C)[C@H](OC)C1(C)F. The van der Waals surface area contributed by atoms with Gasteiger partial charge in [-0.15, -0.1) is 0 Å². The van der Waals surface area contributed by atoms with Gasteiger partial charge in [0.2, 0.25) is 5.91 Å². The molecule has 19 heteroatoms. The van der Waals surface area contributed by atoms with Crippen LogP contribution >= 0.6 is 17.1 Å². The van der Waals surface area contributed by atoms with E-state index in [2.05, 4.69) is 5.32 Å². The Kier molecular flexibility index (Phi) is 18.3. The second kappa shape index (κ2) is 20.6. The number of nitrogens with two attached hydrogens (primary N) is 1. The first-order valence-electron chi connectivity index (χ1n) is 16.5. The second-order valence-electron chi connectivity index (χ2n) is 12.5. The minimum atomic E-state index is -3.84. The van der Waals surface area contributed by atoms with Gasteiger partial charge in [-0.05, 0) is 58.2 Å². The average Bonchev–Trinajstić information content (AvgIpc) is 3.52. The summed E-state index contributed by atoms with van der Waals surface area (Å²) >= 11 is 0. The summed E-state index contributed by atoms with van der Waals surface area (Å²) < 4.78 is 64.5. The van der Waals surface area contributed by atoms with E-state index in [-0.39, 0.29) is 25.2 Å². The van der Waals surface area contributed by atoms with Crippen LogP contribution in [0.25, 0.3) is 0 Å². The first kappa shape index (κ1) is 44.5. The van der Waals surface area contributed by atoms with Crippen molar-refractivity contribution < 1.29 is 61.3 Å². The van der Waals surface area contributed by atoms with Gasteiger partial charge in [-0.25, -0.2) is 4.39 Å².